The molecule has 27 heavy (non-hydrogen) atoms. The molecule has 7 heteroatoms. The third kappa shape index (κ3) is 5.59. The summed E-state index contributed by atoms with van der Waals surface area (Å²) in [6.07, 6.45) is 4.31. The van der Waals surface area contributed by atoms with Gasteiger partial charge in [-0.2, -0.15) is 0 Å². The molecular formula is C20H23N3O3S. The minimum absolute atomic E-state index is 0.0407. The largest absolute Gasteiger partial charge is 0.494 e. The molecule has 0 fully saturated rings. The number of H-pyrrole nitrogens is 1. The quantitative estimate of drug-likeness (QED) is 0.552. The summed E-state index contributed by atoms with van der Waals surface area (Å²) in [6.45, 7) is 1.60. The van der Waals surface area contributed by atoms with Crippen molar-refractivity contribution >= 4 is 17.2 Å². The van der Waals surface area contributed by atoms with Crippen molar-refractivity contribution in [3.05, 3.63) is 68.8 Å². The number of unbranched alkanes of at least 4 members (excludes halogenated alkanes) is 1. The van der Waals surface area contributed by atoms with Gasteiger partial charge in [0, 0.05) is 26.2 Å². The first kappa shape index (κ1) is 19.0. The fourth-order valence-corrected chi connectivity index (χ4v) is 3.45. The molecule has 2 N–H and O–H groups in total. The monoisotopic (exact) mass is 385 g/mol. The number of ether oxygens (including phenoxy) is 1. The summed E-state index contributed by atoms with van der Waals surface area (Å²) in [7, 11) is 2.04. The molecule has 6 nitrogen and oxygen atoms in total. The highest BCUT2D eigenvalue weighted by atomic mass is 32.1. The Labute approximate surface area is 162 Å². The second-order valence-corrected chi connectivity index (χ2v) is 7.34. The normalized spacial score (nSPS) is 10.7. The van der Waals surface area contributed by atoms with Crippen LogP contribution in [0.15, 0.2) is 53.5 Å². The molecule has 0 radical (unpaired) electrons. The second-order valence-electron chi connectivity index (χ2n) is 6.27. The average molecular weight is 385 g/mol. The van der Waals surface area contributed by atoms with Gasteiger partial charge in [-0.3, -0.25) is 9.78 Å². The van der Waals surface area contributed by atoms with E-state index in [9.17, 15) is 9.90 Å². The van der Waals surface area contributed by atoms with Gasteiger partial charge in [0.05, 0.1) is 11.5 Å². The molecule has 142 valence electrons. The van der Waals surface area contributed by atoms with E-state index < -0.39 is 0 Å². The van der Waals surface area contributed by atoms with Crippen LogP contribution in [0.4, 0.5) is 5.82 Å². The first-order chi connectivity index (χ1) is 13.1. The molecule has 0 aliphatic heterocycles. The Balaban J connectivity index is 1.39. The minimum atomic E-state index is -0.240. The molecule has 0 unspecified atom stereocenters. The minimum Gasteiger partial charge on any atom is -0.494 e. The Morgan fingerprint density at radius 3 is 2.67 bits per heavy atom. The molecule has 0 aliphatic carbocycles. The van der Waals surface area contributed by atoms with E-state index in [4.69, 9.17) is 4.74 Å². The molecule has 2 heterocycles. The van der Waals surface area contributed by atoms with Gasteiger partial charge >= 0.3 is 4.87 Å². The molecule has 3 aromatic rings. The van der Waals surface area contributed by atoms with E-state index in [1.807, 2.05) is 49.5 Å². The van der Waals surface area contributed by atoms with Gasteiger partial charge in [-0.1, -0.05) is 29.5 Å². The number of aromatic amines is 1. The van der Waals surface area contributed by atoms with E-state index in [0.717, 1.165) is 47.9 Å². The standard InChI is InChI=1S/C20H23N3O3S/c1-23(18-6-2-3-11-21-18)12-4-5-13-26-16-9-7-15(8-10-16)14-17-19(24)22-20(25)27-17/h2-3,6-11,24H,4-5,12-14H2,1H3,(H,22,25). The molecule has 0 aliphatic rings. The SMILES string of the molecule is CN(CCCCOc1ccc(Cc2sc(=O)[nH]c2O)cc1)c1ccccn1. The Morgan fingerprint density at radius 2 is 2.00 bits per heavy atom. The summed E-state index contributed by atoms with van der Waals surface area (Å²) in [5.74, 6) is 1.76. The lowest BCUT2D eigenvalue weighted by molar-refractivity contribution is 0.307. The molecule has 0 saturated heterocycles. The Morgan fingerprint density at radius 1 is 1.19 bits per heavy atom. The molecule has 2 aromatic heterocycles. The third-order valence-corrected chi connectivity index (χ3v) is 5.06. The van der Waals surface area contributed by atoms with Crippen LogP contribution in [0, 0.1) is 0 Å². The van der Waals surface area contributed by atoms with Crippen molar-refractivity contribution in [2.75, 3.05) is 25.1 Å². The van der Waals surface area contributed by atoms with Gasteiger partial charge in [-0.15, -0.1) is 0 Å². The maximum Gasteiger partial charge on any atom is 0.307 e. The van der Waals surface area contributed by atoms with Gasteiger partial charge in [0.2, 0.25) is 5.88 Å². The summed E-state index contributed by atoms with van der Waals surface area (Å²) in [5, 5.41) is 9.65. The van der Waals surface area contributed by atoms with Crippen LogP contribution in [0.5, 0.6) is 11.6 Å². The van der Waals surface area contributed by atoms with E-state index in [2.05, 4.69) is 14.9 Å². The first-order valence-electron chi connectivity index (χ1n) is 8.86. The number of thiazole rings is 1. The molecule has 0 saturated carbocycles. The summed E-state index contributed by atoms with van der Waals surface area (Å²) in [5.41, 5.74) is 1.02. The van der Waals surface area contributed by atoms with Gasteiger partial charge < -0.3 is 14.7 Å². The summed E-state index contributed by atoms with van der Waals surface area (Å²) in [4.78, 5) is 20.5. The van der Waals surface area contributed by atoms with Crippen molar-refractivity contribution in [2.24, 2.45) is 0 Å². The lowest BCUT2D eigenvalue weighted by Crippen LogP contribution is -2.19. The number of rotatable bonds is 9. The zero-order chi connectivity index (χ0) is 19.1. The zero-order valence-electron chi connectivity index (χ0n) is 15.2. The van der Waals surface area contributed by atoms with Crippen molar-refractivity contribution in [1.82, 2.24) is 9.97 Å². The van der Waals surface area contributed by atoms with Crippen molar-refractivity contribution in [2.45, 2.75) is 19.3 Å². The first-order valence-corrected chi connectivity index (χ1v) is 9.68. The summed E-state index contributed by atoms with van der Waals surface area (Å²) < 4.78 is 5.79. The number of aromatic nitrogens is 2. The van der Waals surface area contributed by atoms with Crippen LogP contribution in [-0.4, -0.2) is 35.3 Å². The second kappa shape index (κ2) is 9.23. The Kier molecular flexibility index (Phi) is 6.49. The molecule has 0 bridgehead atoms. The zero-order valence-corrected chi connectivity index (χ0v) is 16.0. The number of hydrogen-bond acceptors (Lipinski definition) is 6. The van der Waals surface area contributed by atoms with Crippen LogP contribution in [0.25, 0.3) is 0 Å². The summed E-state index contributed by atoms with van der Waals surface area (Å²) >= 11 is 1.03. The van der Waals surface area contributed by atoms with Crippen LogP contribution in [0.1, 0.15) is 23.3 Å². The van der Waals surface area contributed by atoms with E-state index in [1.165, 1.54) is 0 Å². The van der Waals surface area contributed by atoms with Crippen molar-refractivity contribution < 1.29 is 9.84 Å². The van der Waals surface area contributed by atoms with E-state index >= 15 is 0 Å². The maximum atomic E-state index is 11.2. The molecule has 0 atom stereocenters. The van der Waals surface area contributed by atoms with Crippen molar-refractivity contribution in [3.8, 4) is 11.6 Å². The number of pyridine rings is 1. The molecule has 0 amide bonds. The van der Waals surface area contributed by atoms with Crippen molar-refractivity contribution in [1.29, 1.82) is 0 Å². The summed E-state index contributed by atoms with van der Waals surface area (Å²) in [6, 6.07) is 13.7. The van der Waals surface area contributed by atoms with Crippen LogP contribution in [0.3, 0.4) is 0 Å². The molecule has 0 spiro atoms. The van der Waals surface area contributed by atoms with E-state index in [0.29, 0.717) is 17.9 Å². The predicted molar refractivity (Wildman–Crippen MR) is 108 cm³/mol. The number of nitrogens with one attached hydrogen (secondary N) is 1. The lowest BCUT2D eigenvalue weighted by Gasteiger charge is -2.17. The van der Waals surface area contributed by atoms with Crippen LogP contribution in [0.2, 0.25) is 0 Å². The number of nitrogens with zero attached hydrogens (tertiary/aromatic N) is 2. The highest BCUT2D eigenvalue weighted by Crippen LogP contribution is 2.21. The highest BCUT2D eigenvalue weighted by Gasteiger charge is 2.07. The topological polar surface area (TPSA) is 78.5 Å². The average Bonchev–Trinajstić information content (AvgIpc) is 3.00. The number of aromatic hydroxyl groups is 1. The van der Waals surface area contributed by atoms with Gasteiger partial charge in [-0.25, -0.2) is 4.98 Å². The van der Waals surface area contributed by atoms with Gasteiger partial charge in [0.25, 0.3) is 0 Å². The maximum absolute atomic E-state index is 11.2. The smallest absolute Gasteiger partial charge is 0.307 e. The van der Waals surface area contributed by atoms with Crippen LogP contribution >= 0.6 is 11.3 Å². The lowest BCUT2D eigenvalue weighted by atomic mass is 10.1. The van der Waals surface area contributed by atoms with E-state index in [-0.39, 0.29) is 10.8 Å². The van der Waals surface area contributed by atoms with Gasteiger partial charge in [0.15, 0.2) is 0 Å². The number of anilines is 1. The van der Waals surface area contributed by atoms with E-state index in [1.54, 1.807) is 6.20 Å². The Bertz CT molecular complexity index is 891. The Hall–Kier alpha value is -2.80. The fraction of sp³-hybridized carbons (Fsp3) is 0.300. The van der Waals surface area contributed by atoms with Gasteiger partial charge in [-0.05, 0) is 42.7 Å². The van der Waals surface area contributed by atoms with Crippen LogP contribution < -0.4 is 14.5 Å². The third-order valence-electron chi connectivity index (χ3n) is 4.19. The van der Waals surface area contributed by atoms with Gasteiger partial charge in [0.1, 0.15) is 11.6 Å². The van der Waals surface area contributed by atoms with Crippen LogP contribution in [-0.2, 0) is 6.42 Å². The molecule has 3 rings (SSSR count). The highest BCUT2D eigenvalue weighted by molar-refractivity contribution is 7.09. The number of benzene rings is 1. The fourth-order valence-electron chi connectivity index (χ4n) is 2.70. The number of hydrogen-bond donors (Lipinski definition) is 2. The van der Waals surface area contributed by atoms with Crippen molar-refractivity contribution in [3.63, 3.8) is 0 Å². The molecular weight excluding hydrogens is 362 g/mol. The molecule has 1 aromatic carbocycles. The predicted octanol–water partition coefficient (Wildman–Crippen LogP) is 3.42.